The maximum atomic E-state index is 13.1. The summed E-state index contributed by atoms with van der Waals surface area (Å²) in [4.78, 5) is 34.6. The molecule has 32 heavy (non-hydrogen) atoms. The Morgan fingerprint density at radius 2 is 1.84 bits per heavy atom. The Morgan fingerprint density at radius 1 is 1.09 bits per heavy atom. The van der Waals surface area contributed by atoms with Gasteiger partial charge >= 0.3 is 0 Å². The Morgan fingerprint density at radius 3 is 2.53 bits per heavy atom. The zero-order chi connectivity index (χ0) is 22.1. The lowest BCUT2D eigenvalue weighted by Gasteiger charge is -2.14. The van der Waals surface area contributed by atoms with Gasteiger partial charge in [-0.05, 0) is 49.2 Å². The summed E-state index contributed by atoms with van der Waals surface area (Å²) in [5.74, 6) is -0.0923. The Balaban J connectivity index is 1.62. The number of aromatic nitrogens is 3. The van der Waals surface area contributed by atoms with Crippen molar-refractivity contribution < 1.29 is 4.79 Å². The third-order valence-corrected chi connectivity index (χ3v) is 5.21. The number of pyridine rings is 1. The van der Waals surface area contributed by atoms with Crippen molar-refractivity contribution in [2.24, 2.45) is 0 Å². The lowest BCUT2D eigenvalue weighted by molar-refractivity contribution is 0.0949. The number of hydrogen-bond acceptors (Lipinski definition) is 6. The molecule has 4 aromatic rings. The monoisotopic (exact) mass is 422 g/mol. The number of anilines is 2. The van der Waals surface area contributed by atoms with E-state index in [1.165, 1.54) is 12.4 Å². The SMILES string of the molecule is N#Cc1ccc(Nc2ncc3c(=O)c(C(=O)NC4CC4)cn(-c4ccccc4)c3n2)cc1. The summed E-state index contributed by atoms with van der Waals surface area (Å²) >= 11 is 0. The Hall–Kier alpha value is -4.51. The molecule has 1 aliphatic carbocycles. The second-order valence-corrected chi connectivity index (χ2v) is 7.57. The summed E-state index contributed by atoms with van der Waals surface area (Å²) in [6, 6.07) is 18.5. The maximum absolute atomic E-state index is 13.1. The Labute approximate surface area is 183 Å². The van der Waals surface area contributed by atoms with Gasteiger partial charge in [0.2, 0.25) is 11.4 Å². The van der Waals surface area contributed by atoms with Crippen molar-refractivity contribution in [1.82, 2.24) is 19.9 Å². The summed E-state index contributed by atoms with van der Waals surface area (Å²) in [5.41, 5.74) is 2.05. The van der Waals surface area contributed by atoms with Crippen LogP contribution in [0, 0.1) is 11.3 Å². The molecule has 1 fully saturated rings. The lowest BCUT2D eigenvalue weighted by Crippen LogP contribution is -2.31. The molecular formula is C24H18N6O2. The zero-order valence-electron chi connectivity index (χ0n) is 16.9. The molecule has 1 saturated carbocycles. The molecule has 0 radical (unpaired) electrons. The quantitative estimate of drug-likeness (QED) is 0.510. The second kappa shape index (κ2) is 7.96. The first-order chi connectivity index (χ1) is 15.6. The number of carbonyl (C=O) groups is 1. The van der Waals surface area contributed by atoms with Crippen molar-refractivity contribution in [3.8, 4) is 11.8 Å². The van der Waals surface area contributed by atoms with Crippen LogP contribution in [0.2, 0.25) is 0 Å². The van der Waals surface area contributed by atoms with E-state index >= 15 is 0 Å². The number of hydrogen-bond donors (Lipinski definition) is 2. The number of nitrogens with one attached hydrogen (secondary N) is 2. The van der Waals surface area contributed by atoms with Crippen molar-refractivity contribution in [1.29, 1.82) is 5.26 Å². The molecule has 0 aliphatic heterocycles. The number of para-hydroxylation sites is 1. The lowest BCUT2D eigenvalue weighted by atomic mass is 10.2. The van der Waals surface area contributed by atoms with E-state index in [0.29, 0.717) is 22.8 Å². The van der Waals surface area contributed by atoms with E-state index in [0.717, 1.165) is 18.5 Å². The molecular weight excluding hydrogens is 404 g/mol. The van der Waals surface area contributed by atoms with E-state index in [1.807, 2.05) is 30.3 Å². The minimum atomic E-state index is -0.407. The van der Waals surface area contributed by atoms with Crippen molar-refractivity contribution in [2.75, 3.05) is 5.32 Å². The third kappa shape index (κ3) is 3.79. The number of benzene rings is 2. The fraction of sp³-hybridized carbons (Fsp3) is 0.125. The van der Waals surface area contributed by atoms with Crippen LogP contribution < -0.4 is 16.1 Å². The van der Waals surface area contributed by atoms with E-state index in [4.69, 9.17) is 5.26 Å². The predicted octanol–water partition coefficient (Wildman–Crippen LogP) is 3.29. The molecule has 2 aromatic carbocycles. The highest BCUT2D eigenvalue weighted by atomic mass is 16.2. The van der Waals surface area contributed by atoms with Crippen LogP contribution in [0.5, 0.6) is 0 Å². The van der Waals surface area contributed by atoms with Gasteiger partial charge in [-0.25, -0.2) is 4.98 Å². The van der Waals surface area contributed by atoms with Crippen molar-refractivity contribution >= 4 is 28.6 Å². The molecule has 0 bridgehead atoms. The van der Waals surface area contributed by atoms with Crippen LogP contribution in [0.4, 0.5) is 11.6 Å². The summed E-state index contributed by atoms with van der Waals surface area (Å²) < 4.78 is 1.73. The molecule has 1 amide bonds. The van der Waals surface area contributed by atoms with Crippen LogP contribution in [0.15, 0.2) is 71.8 Å². The average Bonchev–Trinajstić information content (AvgIpc) is 3.64. The number of fused-ring (bicyclic) bond motifs is 1. The molecule has 8 heteroatoms. The van der Waals surface area contributed by atoms with Gasteiger partial charge in [0.25, 0.3) is 5.91 Å². The van der Waals surface area contributed by atoms with Gasteiger partial charge in [-0.15, -0.1) is 0 Å². The summed E-state index contributed by atoms with van der Waals surface area (Å²) in [5, 5.41) is 15.2. The van der Waals surface area contributed by atoms with Crippen LogP contribution in [0.25, 0.3) is 16.7 Å². The normalized spacial score (nSPS) is 12.8. The standard InChI is InChI=1S/C24H18N6O2/c25-12-15-6-8-17(9-7-15)28-24-26-13-19-21(31)20(23(32)27-16-10-11-16)14-30(22(19)29-24)18-4-2-1-3-5-18/h1-9,13-14,16H,10-11H2,(H,27,32)(H,26,28,29). The van der Waals surface area contributed by atoms with Gasteiger partial charge in [0.05, 0.1) is 17.0 Å². The van der Waals surface area contributed by atoms with E-state index < -0.39 is 5.43 Å². The summed E-state index contributed by atoms with van der Waals surface area (Å²) in [6.07, 6.45) is 4.83. The van der Waals surface area contributed by atoms with Crippen LogP contribution in [-0.4, -0.2) is 26.5 Å². The van der Waals surface area contributed by atoms with E-state index in [1.54, 1.807) is 28.8 Å². The number of amides is 1. The van der Waals surface area contributed by atoms with Crippen molar-refractivity contribution in [3.63, 3.8) is 0 Å². The molecule has 8 nitrogen and oxygen atoms in total. The largest absolute Gasteiger partial charge is 0.349 e. The number of rotatable bonds is 5. The van der Waals surface area contributed by atoms with Crippen molar-refractivity contribution in [2.45, 2.75) is 18.9 Å². The Bertz CT molecular complexity index is 1420. The van der Waals surface area contributed by atoms with E-state index in [9.17, 15) is 9.59 Å². The fourth-order valence-electron chi connectivity index (χ4n) is 3.37. The molecule has 0 unspecified atom stereocenters. The highest BCUT2D eigenvalue weighted by Gasteiger charge is 2.26. The van der Waals surface area contributed by atoms with Crippen LogP contribution in [0.3, 0.4) is 0 Å². The first kappa shape index (κ1) is 19.5. The first-order valence-corrected chi connectivity index (χ1v) is 10.2. The average molecular weight is 422 g/mol. The molecule has 2 aromatic heterocycles. The molecule has 0 saturated heterocycles. The van der Waals surface area contributed by atoms with E-state index in [2.05, 4.69) is 26.7 Å². The molecule has 5 rings (SSSR count). The molecule has 0 atom stereocenters. The van der Waals surface area contributed by atoms with Gasteiger partial charge in [0, 0.05) is 29.8 Å². The molecule has 1 aliphatic rings. The highest BCUT2D eigenvalue weighted by Crippen LogP contribution is 2.21. The van der Waals surface area contributed by atoms with Crippen LogP contribution >= 0.6 is 0 Å². The summed E-state index contributed by atoms with van der Waals surface area (Å²) in [6.45, 7) is 0. The maximum Gasteiger partial charge on any atom is 0.257 e. The zero-order valence-corrected chi connectivity index (χ0v) is 16.9. The first-order valence-electron chi connectivity index (χ1n) is 10.2. The van der Waals surface area contributed by atoms with E-state index in [-0.39, 0.29) is 22.9 Å². The van der Waals surface area contributed by atoms with Gasteiger partial charge in [-0.1, -0.05) is 18.2 Å². The third-order valence-electron chi connectivity index (χ3n) is 5.21. The van der Waals surface area contributed by atoms with Crippen LogP contribution in [-0.2, 0) is 0 Å². The fourth-order valence-corrected chi connectivity index (χ4v) is 3.37. The molecule has 0 spiro atoms. The predicted molar refractivity (Wildman–Crippen MR) is 120 cm³/mol. The van der Waals surface area contributed by atoms with Gasteiger partial charge in [-0.3, -0.25) is 9.59 Å². The number of nitrogens with zero attached hydrogens (tertiary/aromatic N) is 4. The number of carbonyl (C=O) groups excluding carboxylic acids is 1. The molecule has 2 heterocycles. The van der Waals surface area contributed by atoms with Crippen LogP contribution in [0.1, 0.15) is 28.8 Å². The van der Waals surface area contributed by atoms with Gasteiger partial charge in [-0.2, -0.15) is 10.2 Å². The summed E-state index contributed by atoms with van der Waals surface area (Å²) in [7, 11) is 0. The van der Waals surface area contributed by atoms with Gasteiger partial charge in [0.1, 0.15) is 5.56 Å². The van der Waals surface area contributed by atoms with Gasteiger partial charge in [0.15, 0.2) is 5.65 Å². The topological polar surface area (TPSA) is 113 Å². The minimum Gasteiger partial charge on any atom is -0.349 e. The number of nitriles is 1. The highest BCUT2D eigenvalue weighted by molar-refractivity contribution is 5.97. The van der Waals surface area contributed by atoms with Gasteiger partial charge < -0.3 is 15.2 Å². The van der Waals surface area contributed by atoms with Crippen molar-refractivity contribution in [3.05, 3.63) is 88.3 Å². The second-order valence-electron chi connectivity index (χ2n) is 7.57. The smallest absolute Gasteiger partial charge is 0.257 e. The molecule has 156 valence electrons. The molecule has 2 N–H and O–H groups in total. The minimum absolute atomic E-state index is 0.0599. The Kier molecular flexibility index (Phi) is 4.84.